The van der Waals surface area contributed by atoms with Crippen LogP contribution in [0.3, 0.4) is 0 Å². The average Bonchev–Trinajstić information content (AvgIpc) is 3.18. The highest BCUT2D eigenvalue weighted by atomic mass is 19.4. The Bertz CT molecular complexity index is 1170. The zero-order valence-corrected chi connectivity index (χ0v) is 20.8. The van der Waals surface area contributed by atoms with Gasteiger partial charge in [0, 0.05) is 24.9 Å². The number of nitrogens with zero attached hydrogens (tertiary/aromatic N) is 3. The average molecular weight is 542 g/mol. The third-order valence-electron chi connectivity index (χ3n) is 6.65. The highest BCUT2D eigenvalue weighted by Crippen LogP contribution is 2.37. The number of hydrogen-bond donors (Lipinski definition) is 1. The van der Waals surface area contributed by atoms with Crippen molar-refractivity contribution in [2.24, 2.45) is 11.0 Å². The summed E-state index contributed by atoms with van der Waals surface area (Å²) in [5.41, 5.74) is -0.541. The Hall–Kier alpha value is -3.57. The Morgan fingerprint density at radius 2 is 1.84 bits per heavy atom. The molecule has 0 spiro atoms. The molecular formula is C26H28F5N3O4. The maximum absolute atomic E-state index is 15.0. The van der Waals surface area contributed by atoms with E-state index in [0.717, 1.165) is 5.01 Å². The lowest BCUT2D eigenvalue weighted by Gasteiger charge is -2.36. The van der Waals surface area contributed by atoms with Gasteiger partial charge in [-0.15, -0.1) is 0 Å². The molecule has 2 aromatic rings. The first-order valence-electron chi connectivity index (χ1n) is 12.2. The number of alkyl halides is 4. The van der Waals surface area contributed by atoms with Crippen LogP contribution >= 0.6 is 0 Å². The fraction of sp³-hybridized carbons (Fsp3) is 0.462. The molecule has 0 aliphatic carbocycles. The molecule has 7 nitrogen and oxygen atoms in total. The minimum atomic E-state index is -4.69. The van der Waals surface area contributed by atoms with Gasteiger partial charge < -0.3 is 19.5 Å². The number of benzene rings is 2. The molecule has 12 heteroatoms. The topological polar surface area (TPSA) is 74.6 Å². The number of carbonyl (C=O) groups is 1. The summed E-state index contributed by atoms with van der Waals surface area (Å²) in [5, 5.41) is 13.9. The number of ether oxygens (including phenoxy) is 2. The van der Waals surface area contributed by atoms with Gasteiger partial charge in [0.2, 0.25) is 0 Å². The van der Waals surface area contributed by atoms with Crippen molar-refractivity contribution in [2.45, 2.75) is 51.2 Å². The third-order valence-corrected chi connectivity index (χ3v) is 6.65. The zero-order valence-electron chi connectivity index (χ0n) is 20.8. The van der Waals surface area contributed by atoms with E-state index in [1.54, 1.807) is 4.90 Å². The smallest absolute Gasteiger partial charge is 0.431 e. The van der Waals surface area contributed by atoms with E-state index < -0.39 is 54.3 Å². The molecule has 0 aromatic heterocycles. The number of carboxylic acids is 1. The van der Waals surface area contributed by atoms with Crippen LogP contribution < -0.4 is 19.4 Å². The molecular weight excluding hydrogens is 513 g/mol. The Kier molecular flexibility index (Phi) is 7.98. The van der Waals surface area contributed by atoms with Gasteiger partial charge in [-0.3, -0.25) is 9.80 Å². The fourth-order valence-corrected chi connectivity index (χ4v) is 4.76. The number of carboxylic acid groups (broad SMARTS) is 1. The van der Waals surface area contributed by atoms with Crippen molar-refractivity contribution in [2.75, 3.05) is 29.6 Å². The maximum Gasteiger partial charge on any atom is 0.431 e. The number of aliphatic carboxylic acids is 1. The molecule has 4 rings (SSSR count). The number of piperidine rings is 1. The van der Waals surface area contributed by atoms with Gasteiger partial charge in [-0.25, -0.2) is 8.78 Å². The molecule has 1 N–H and O–H groups in total. The van der Waals surface area contributed by atoms with Crippen LogP contribution in [-0.2, 0) is 4.79 Å². The van der Waals surface area contributed by atoms with E-state index in [4.69, 9.17) is 9.47 Å². The minimum Gasteiger partial charge on any atom is -0.494 e. The van der Waals surface area contributed by atoms with E-state index in [1.165, 1.54) is 49.4 Å². The Morgan fingerprint density at radius 3 is 2.45 bits per heavy atom. The van der Waals surface area contributed by atoms with E-state index in [2.05, 4.69) is 5.10 Å². The summed E-state index contributed by atoms with van der Waals surface area (Å²) in [6, 6.07) is 9.17. The number of halogens is 5. The maximum atomic E-state index is 15.0. The van der Waals surface area contributed by atoms with Crippen molar-refractivity contribution in [3.63, 3.8) is 0 Å². The lowest BCUT2D eigenvalue weighted by atomic mass is 9.94. The van der Waals surface area contributed by atoms with Crippen molar-refractivity contribution < 1.29 is 41.3 Å². The summed E-state index contributed by atoms with van der Waals surface area (Å²) in [5.74, 6) is -2.08. The lowest BCUT2D eigenvalue weighted by Crippen LogP contribution is -2.47. The van der Waals surface area contributed by atoms with Crippen LogP contribution in [0.4, 0.5) is 33.3 Å². The molecule has 0 unspecified atom stereocenters. The van der Waals surface area contributed by atoms with Gasteiger partial charge in [-0.2, -0.15) is 18.3 Å². The molecule has 2 aromatic carbocycles. The molecule has 4 atom stereocenters. The molecule has 1 fully saturated rings. The predicted octanol–water partition coefficient (Wildman–Crippen LogP) is 5.44. The number of anilines is 2. The molecule has 0 amide bonds. The lowest BCUT2D eigenvalue weighted by molar-refractivity contribution is -0.137. The van der Waals surface area contributed by atoms with Gasteiger partial charge in [0.05, 0.1) is 37.0 Å². The van der Waals surface area contributed by atoms with Gasteiger partial charge in [0.15, 0.2) is 6.17 Å². The molecule has 0 radical (unpaired) electrons. The molecule has 2 aliphatic rings. The number of hydrogen-bond acceptors (Lipinski definition) is 6. The van der Waals surface area contributed by atoms with Crippen molar-refractivity contribution in [1.82, 2.24) is 0 Å². The molecule has 0 bridgehead atoms. The van der Waals surface area contributed by atoms with Crippen LogP contribution in [0.5, 0.6) is 11.5 Å². The highest BCUT2D eigenvalue weighted by Gasteiger charge is 2.48. The Labute approximate surface area is 216 Å². The summed E-state index contributed by atoms with van der Waals surface area (Å²) in [6.07, 6.45) is -7.19. The van der Waals surface area contributed by atoms with Crippen LogP contribution in [0.2, 0.25) is 0 Å². The van der Waals surface area contributed by atoms with Crippen molar-refractivity contribution in [1.29, 1.82) is 0 Å². The second-order valence-electron chi connectivity index (χ2n) is 9.23. The van der Waals surface area contributed by atoms with Crippen LogP contribution in [0.25, 0.3) is 0 Å². The van der Waals surface area contributed by atoms with Crippen molar-refractivity contribution in [3.8, 4) is 11.5 Å². The fourth-order valence-electron chi connectivity index (χ4n) is 4.76. The molecule has 1 saturated heterocycles. The normalized spacial score (nSPS) is 23.8. The summed E-state index contributed by atoms with van der Waals surface area (Å²) in [6.45, 7) is 3.77. The van der Waals surface area contributed by atoms with E-state index in [9.17, 15) is 27.5 Å². The van der Waals surface area contributed by atoms with E-state index in [-0.39, 0.29) is 24.3 Å². The quantitative estimate of drug-likeness (QED) is 0.449. The standard InChI is InChI=1S/C26H28F5N3O4/c1-3-37-18-8-9-19(27)22(12-18)33-11-10-23(20(28)14-33)38-17-6-4-16(5-7-17)34-21(13-24(35)36)15(2)25(32-34)26(29,30)31/h4-9,12,15,20-21,23H,3,10-11,13-14H2,1-2H3,(H,35,36)/t15-,20+,21-,23+/m0/s1. The van der Waals surface area contributed by atoms with Crippen molar-refractivity contribution >= 4 is 23.1 Å². The largest absolute Gasteiger partial charge is 0.494 e. The second-order valence-corrected chi connectivity index (χ2v) is 9.23. The van der Waals surface area contributed by atoms with Gasteiger partial charge in [-0.1, -0.05) is 6.92 Å². The summed E-state index contributed by atoms with van der Waals surface area (Å²) in [7, 11) is 0. The van der Waals surface area contributed by atoms with Gasteiger partial charge in [-0.05, 0) is 43.3 Å². The summed E-state index contributed by atoms with van der Waals surface area (Å²) in [4.78, 5) is 12.9. The Morgan fingerprint density at radius 1 is 1.16 bits per heavy atom. The van der Waals surface area contributed by atoms with Gasteiger partial charge >= 0.3 is 12.1 Å². The van der Waals surface area contributed by atoms with E-state index in [0.29, 0.717) is 24.7 Å². The third kappa shape index (κ3) is 5.94. The monoisotopic (exact) mass is 541 g/mol. The highest BCUT2D eigenvalue weighted by molar-refractivity contribution is 5.95. The first-order valence-corrected chi connectivity index (χ1v) is 12.2. The van der Waals surface area contributed by atoms with E-state index >= 15 is 4.39 Å². The first kappa shape index (κ1) is 27.5. The number of hydrazone groups is 1. The van der Waals surface area contributed by atoms with Crippen LogP contribution in [-0.4, -0.2) is 61.0 Å². The second kappa shape index (κ2) is 11.0. The molecule has 0 saturated carbocycles. The first-order chi connectivity index (χ1) is 18.0. The Balaban J connectivity index is 1.43. The van der Waals surface area contributed by atoms with Crippen LogP contribution in [0, 0.1) is 11.7 Å². The van der Waals surface area contributed by atoms with Crippen LogP contribution in [0.1, 0.15) is 26.7 Å². The summed E-state index contributed by atoms with van der Waals surface area (Å²) < 4.78 is 80.8. The SMILES string of the molecule is CCOc1ccc(F)c(N2CC[C@@H](Oc3ccc(N4N=C(C(F)(F)F)[C@@H](C)[C@@H]4CC(=O)O)cc3)[C@H](F)C2)c1. The van der Waals surface area contributed by atoms with Gasteiger partial charge in [0.25, 0.3) is 0 Å². The predicted molar refractivity (Wildman–Crippen MR) is 131 cm³/mol. The van der Waals surface area contributed by atoms with Crippen molar-refractivity contribution in [3.05, 3.63) is 48.3 Å². The molecule has 206 valence electrons. The molecule has 38 heavy (non-hydrogen) atoms. The zero-order chi connectivity index (χ0) is 27.6. The van der Waals surface area contributed by atoms with Gasteiger partial charge in [0.1, 0.15) is 29.1 Å². The molecule has 2 heterocycles. The molecule has 2 aliphatic heterocycles. The van der Waals surface area contributed by atoms with E-state index in [1.807, 2.05) is 6.92 Å². The van der Waals surface area contributed by atoms with Crippen LogP contribution in [0.15, 0.2) is 47.6 Å². The minimum absolute atomic E-state index is 0.0906. The summed E-state index contributed by atoms with van der Waals surface area (Å²) >= 11 is 0. The number of rotatable bonds is 8.